The second-order valence-electron chi connectivity index (χ2n) is 10.5. The number of benzene rings is 1. The van der Waals surface area contributed by atoms with E-state index in [4.69, 9.17) is 18.7 Å². The van der Waals surface area contributed by atoms with Gasteiger partial charge in [0.1, 0.15) is 17.6 Å². The maximum atomic E-state index is 13.4. The Morgan fingerprint density at radius 3 is 2.65 bits per heavy atom. The topological polar surface area (TPSA) is 106 Å². The molecule has 9 nitrogen and oxygen atoms in total. The number of hydrazone groups is 1. The molecule has 3 atom stereocenters. The van der Waals surface area contributed by atoms with Crippen molar-refractivity contribution in [2.45, 2.75) is 38.1 Å². The molecule has 0 bridgehead atoms. The lowest BCUT2D eigenvalue weighted by Crippen LogP contribution is -2.35. The minimum Gasteiger partial charge on any atom is -0.467 e. The van der Waals surface area contributed by atoms with Gasteiger partial charge in [0.05, 0.1) is 24.2 Å². The normalized spacial score (nSPS) is 23.4. The Kier molecular flexibility index (Phi) is 7.35. The van der Waals surface area contributed by atoms with E-state index in [-0.39, 0.29) is 18.2 Å². The predicted octanol–water partition coefficient (Wildman–Crippen LogP) is 4.63. The molecule has 6 rings (SSSR count). The summed E-state index contributed by atoms with van der Waals surface area (Å²) in [6, 6.07) is 16.8. The van der Waals surface area contributed by atoms with Gasteiger partial charge in [-0.25, -0.2) is 5.01 Å². The van der Waals surface area contributed by atoms with Crippen LogP contribution in [0.2, 0.25) is 0 Å². The van der Waals surface area contributed by atoms with Crippen molar-refractivity contribution in [1.29, 1.82) is 0 Å². The lowest BCUT2D eigenvalue weighted by atomic mass is 9.79. The molecule has 206 valence electrons. The van der Waals surface area contributed by atoms with Crippen molar-refractivity contribution in [2.75, 3.05) is 19.7 Å². The molecule has 1 saturated carbocycles. The summed E-state index contributed by atoms with van der Waals surface area (Å²) in [6.45, 7) is 0.380. The summed E-state index contributed by atoms with van der Waals surface area (Å²) in [4.78, 5) is 40.5. The lowest BCUT2D eigenvalue weighted by molar-refractivity contribution is -0.156. The van der Waals surface area contributed by atoms with E-state index < -0.39 is 30.4 Å². The molecular weight excluding hydrogens is 510 g/mol. The fraction of sp³-hybridized carbons (Fsp3) is 0.355. The highest BCUT2D eigenvalue weighted by Crippen LogP contribution is 2.44. The molecule has 2 aromatic heterocycles. The Morgan fingerprint density at radius 2 is 1.88 bits per heavy atom. The maximum Gasteiger partial charge on any atom is 0.311 e. The van der Waals surface area contributed by atoms with E-state index in [1.54, 1.807) is 23.5 Å². The van der Waals surface area contributed by atoms with E-state index in [0.717, 1.165) is 41.9 Å². The van der Waals surface area contributed by atoms with Crippen LogP contribution < -0.4 is 0 Å². The Hall–Kier alpha value is -4.40. The molecule has 9 heteroatoms. The molecule has 1 aliphatic carbocycles. The van der Waals surface area contributed by atoms with Crippen molar-refractivity contribution in [2.24, 2.45) is 16.9 Å². The summed E-state index contributed by atoms with van der Waals surface area (Å²) in [7, 11) is 0. The van der Waals surface area contributed by atoms with Crippen LogP contribution in [0.25, 0.3) is 6.08 Å². The van der Waals surface area contributed by atoms with Gasteiger partial charge in [-0.15, -0.1) is 0 Å². The van der Waals surface area contributed by atoms with Crippen LogP contribution in [0.3, 0.4) is 0 Å². The number of fused-ring (bicyclic) bond motifs is 1. The lowest BCUT2D eigenvalue weighted by Gasteiger charge is -2.27. The number of likely N-dealkylation sites (tertiary alicyclic amines) is 1. The molecule has 3 aliphatic rings. The van der Waals surface area contributed by atoms with Gasteiger partial charge in [0, 0.05) is 25.4 Å². The van der Waals surface area contributed by atoms with Crippen LogP contribution >= 0.6 is 0 Å². The summed E-state index contributed by atoms with van der Waals surface area (Å²) >= 11 is 0. The van der Waals surface area contributed by atoms with E-state index in [2.05, 4.69) is 0 Å². The Morgan fingerprint density at radius 1 is 1.05 bits per heavy atom. The van der Waals surface area contributed by atoms with Gasteiger partial charge < -0.3 is 18.5 Å². The summed E-state index contributed by atoms with van der Waals surface area (Å²) in [6.07, 6.45) is 8.61. The highest BCUT2D eigenvalue weighted by atomic mass is 16.5. The summed E-state index contributed by atoms with van der Waals surface area (Å²) in [5, 5.41) is 6.14. The smallest absolute Gasteiger partial charge is 0.311 e. The number of carbonyl (C=O) groups is 3. The molecule has 2 amide bonds. The van der Waals surface area contributed by atoms with Gasteiger partial charge in [0.2, 0.25) is 5.91 Å². The second-order valence-corrected chi connectivity index (χ2v) is 10.5. The van der Waals surface area contributed by atoms with Crippen LogP contribution in [0.15, 0.2) is 86.6 Å². The minimum atomic E-state index is -0.591. The maximum absolute atomic E-state index is 13.4. The number of furan rings is 2. The number of amides is 2. The average Bonchev–Trinajstić information content (AvgIpc) is 3.78. The SMILES string of the molecule is O=C(OCC(=O)N1N=C2/C(=C\c3ccco3)CCC[C@@H]2[C@H]1c1ccco1)[C@H]1CC(=O)N(CCc2ccccc2)C1. The molecule has 4 heterocycles. The van der Waals surface area contributed by atoms with Crippen LogP contribution in [-0.4, -0.2) is 53.1 Å². The third kappa shape index (κ3) is 5.36. The standard InChI is InChI=1S/C31H31N3O6/c35-27-18-23(19-33(27)14-13-21-7-2-1-3-8-21)31(37)40-20-28(36)34-30(26-12-6-16-39-26)25-11-4-9-22(29(25)32-34)17-24-10-5-15-38-24/h1-3,5-8,10,12,15-17,23,25,30H,4,9,11,13-14,18-20H2/b22-17-/t23-,25-,30-/m0/s1. The monoisotopic (exact) mass is 541 g/mol. The summed E-state index contributed by atoms with van der Waals surface area (Å²) in [5.41, 5.74) is 2.99. The number of hydrogen-bond donors (Lipinski definition) is 0. The van der Waals surface area contributed by atoms with Crippen molar-refractivity contribution in [3.05, 3.63) is 89.8 Å². The van der Waals surface area contributed by atoms with E-state index >= 15 is 0 Å². The van der Waals surface area contributed by atoms with Crippen LogP contribution in [0, 0.1) is 11.8 Å². The molecule has 3 aromatic rings. The highest BCUT2D eigenvalue weighted by molar-refractivity contribution is 6.08. The Bertz CT molecular complexity index is 1410. The van der Waals surface area contributed by atoms with Crippen molar-refractivity contribution < 1.29 is 28.0 Å². The van der Waals surface area contributed by atoms with Crippen molar-refractivity contribution in [1.82, 2.24) is 9.91 Å². The first-order chi connectivity index (χ1) is 19.6. The van der Waals surface area contributed by atoms with Crippen molar-refractivity contribution in [3.63, 3.8) is 0 Å². The Labute approximate surface area is 232 Å². The minimum absolute atomic E-state index is 0.0357. The molecule has 0 unspecified atom stereocenters. The number of carbonyl (C=O) groups excluding carboxylic acids is 3. The van der Waals surface area contributed by atoms with Gasteiger partial charge in [-0.2, -0.15) is 5.10 Å². The second kappa shape index (κ2) is 11.4. The van der Waals surface area contributed by atoms with Gasteiger partial charge in [-0.05, 0) is 67.2 Å². The summed E-state index contributed by atoms with van der Waals surface area (Å²) in [5.74, 6) is -0.305. The van der Waals surface area contributed by atoms with E-state index in [1.165, 1.54) is 5.01 Å². The van der Waals surface area contributed by atoms with Crippen LogP contribution in [0.5, 0.6) is 0 Å². The third-order valence-corrected chi connectivity index (χ3v) is 7.85. The number of allylic oxidation sites excluding steroid dienone is 1. The molecule has 0 radical (unpaired) electrons. The zero-order valence-corrected chi connectivity index (χ0v) is 22.1. The Balaban J connectivity index is 1.11. The van der Waals surface area contributed by atoms with Crippen molar-refractivity contribution in [3.8, 4) is 0 Å². The fourth-order valence-electron chi connectivity index (χ4n) is 5.86. The molecular formula is C31H31N3O6. The summed E-state index contributed by atoms with van der Waals surface area (Å²) < 4.78 is 16.7. The number of rotatable bonds is 8. The first kappa shape index (κ1) is 25.9. The molecule has 2 fully saturated rings. The van der Waals surface area contributed by atoms with E-state index in [9.17, 15) is 14.4 Å². The largest absolute Gasteiger partial charge is 0.467 e. The van der Waals surface area contributed by atoms with E-state index in [1.807, 2.05) is 54.6 Å². The quantitative estimate of drug-likeness (QED) is 0.385. The van der Waals surface area contributed by atoms with Gasteiger partial charge in [0.25, 0.3) is 5.91 Å². The first-order valence-electron chi connectivity index (χ1n) is 13.7. The highest BCUT2D eigenvalue weighted by Gasteiger charge is 2.45. The molecule has 2 aliphatic heterocycles. The first-order valence-corrected chi connectivity index (χ1v) is 13.7. The third-order valence-electron chi connectivity index (χ3n) is 7.85. The van der Waals surface area contributed by atoms with Gasteiger partial charge in [-0.3, -0.25) is 14.4 Å². The number of hydrogen-bond acceptors (Lipinski definition) is 7. The van der Waals surface area contributed by atoms with Crippen LogP contribution in [0.1, 0.15) is 48.8 Å². The van der Waals surface area contributed by atoms with Gasteiger partial charge in [-0.1, -0.05) is 30.3 Å². The molecule has 1 saturated heterocycles. The van der Waals surface area contributed by atoms with Gasteiger partial charge >= 0.3 is 5.97 Å². The fourth-order valence-corrected chi connectivity index (χ4v) is 5.86. The number of esters is 1. The molecule has 0 N–H and O–H groups in total. The molecule has 1 aromatic carbocycles. The molecule has 0 spiro atoms. The van der Waals surface area contributed by atoms with Gasteiger partial charge in [0.15, 0.2) is 6.61 Å². The number of ether oxygens (including phenoxy) is 1. The average molecular weight is 542 g/mol. The predicted molar refractivity (Wildman–Crippen MR) is 146 cm³/mol. The van der Waals surface area contributed by atoms with Crippen LogP contribution in [-0.2, 0) is 25.5 Å². The number of nitrogens with zero attached hydrogens (tertiary/aromatic N) is 3. The molecule has 40 heavy (non-hydrogen) atoms. The van der Waals surface area contributed by atoms with Crippen LogP contribution in [0.4, 0.5) is 0 Å². The zero-order valence-electron chi connectivity index (χ0n) is 22.1. The van der Waals surface area contributed by atoms with Crippen molar-refractivity contribution >= 4 is 29.6 Å². The van der Waals surface area contributed by atoms with E-state index in [0.29, 0.717) is 25.3 Å². The zero-order chi connectivity index (χ0) is 27.5.